The van der Waals surface area contributed by atoms with Crippen molar-refractivity contribution >= 4 is 15.6 Å². The van der Waals surface area contributed by atoms with Gasteiger partial charge < -0.3 is 0 Å². The fraction of sp³-hybridized carbons (Fsp3) is 0.875. The normalized spacial score (nSPS) is 14.2. The first-order valence-corrected chi connectivity index (χ1v) is 6.07. The predicted octanol–water partition coefficient (Wildman–Crippen LogP) is 1.04. The first-order valence-electron chi connectivity index (χ1n) is 4.01. The number of hydrogen-bond donors (Lipinski definition) is 0. The second-order valence-corrected chi connectivity index (χ2v) is 5.54. The van der Waals surface area contributed by atoms with Crippen LogP contribution in [0.1, 0.15) is 26.7 Å². The standard InChI is InChI=1S/C8H16O3S/c1-7(8(2)9)5-4-6-12(3,10)11/h7H,4-6H2,1-3H3. The minimum absolute atomic E-state index is 0.00764. The lowest BCUT2D eigenvalue weighted by atomic mass is 10.0. The molecule has 0 rings (SSSR count). The fourth-order valence-corrected chi connectivity index (χ4v) is 1.55. The number of rotatable bonds is 5. The van der Waals surface area contributed by atoms with Crippen LogP contribution in [0.15, 0.2) is 0 Å². The van der Waals surface area contributed by atoms with Gasteiger partial charge in [-0.3, -0.25) is 4.79 Å². The molecule has 3 nitrogen and oxygen atoms in total. The summed E-state index contributed by atoms with van der Waals surface area (Å²) < 4.78 is 21.4. The smallest absolute Gasteiger partial charge is 0.147 e. The van der Waals surface area contributed by atoms with E-state index in [0.29, 0.717) is 12.8 Å². The summed E-state index contributed by atoms with van der Waals surface area (Å²) >= 11 is 0. The Balaban J connectivity index is 3.65. The SMILES string of the molecule is CC(=O)C(C)CCCS(C)(=O)=O. The van der Waals surface area contributed by atoms with Gasteiger partial charge in [-0.05, 0) is 19.8 Å². The molecule has 72 valence electrons. The number of hydrogen-bond acceptors (Lipinski definition) is 3. The summed E-state index contributed by atoms with van der Waals surface area (Å²) in [6.45, 7) is 3.36. The van der Waals surface area contributed by atoms with Crippen LogP contribution < -0.4 is 0 Å². The average molecular weight is 192 g/mol. The van der Waals surface area contributed by atoms with Gasteiger partial charge in [-0.2, -0.15) is 0 Å². The van der Waals surface area contributed by atoms with Gasteiger partial charge in [0.15, 0.2) is 0 Å². The zero-order valence-corrected chi connectivity index (χ0v) is 8.65. The van der Waals surface area contributed by atoms with E-state index in [1.54, 1.807) is 0 Å². The topological polar surface area (TPSA) is 51.2 Å². The van der Waals surface area contributed by atoms with E-state index in [4.69, 9.17) is 0 Å². The minimum Gasteiger partial charge on any atom is -0.300 e. The van der Waals surface area contributed by atoms with Crippen molar-refractivity contribution in [2.45, 2.75) is 26.7 Å². The summed E-state index contributed by atoms with van der Waals surface area (Å²) in [4.78, 5) is 10.7. The molecule has 0 aromatic heterocycles. The maximum Gasteiger partial charge on any atom is 0.147 e. The summed E-state index contributed by atoms with van der Waals surface area (Å²) in [6, 6.07) is 0. The third-order valence-corrected chi connectivity index (χ3v) is 2.88. The molecule has 0 N–H and O–H groups in total. The molecule has 0 aromatic carbocycles. The highest BCUT2D eigenvalue weighted by Crippen LogP contribution is 2.07. The van der Waals surface area contributed by atoms with Gasteiger partial charge in [0.25, 0.3) is 0 Å². The summed E-state index contributed by atoms with van der Waals surface area (Å²) in [5.41, 5.74) is 0. The maximum atomic E-state index is 10.7. The van der Waals surface area contributed by atoms with Gasteiger partial charge in [-0.15, -0.1) is 0 Å². The summed E-state index contributed by atoms with van der Waals surface area (Å²) in [5, 5.41) is 0. The van der Waals surface area contributed by atoms with Crippen molar-refractivity contribution in [3.63, 3.8) is 0 Å². The Kier molecular flexibility index (Phi) is 4.45. The largest absolute Gasteiger partial charge is 0.300 e. The molecule has 0 heterocycles. The molecule has 0 radical (unpaired) electrons. The number of carbonyl (C=O) groups excluding carboxylic acids is 1. The van der Waals surface area contributed by atoms with Crippen LogP contribution in [0.3, 0.4) is 0 Å². The van der Waals surface area contributed by atoms with Crippen LogP contribution in [0.4, 0.5) is 0 Å². The summed E-state index contributed by atoms with van der Waals surface area (Å²) in [5.74, 6) is 0.306. The highest BCUT2D eigenvalue weighted by Gasteiger charge is 2.08. The van der Waals surface area contributed by atoms with Crippen molar-refractivity contribution in [1.82, 2.24) is 0 Å². The first-order chi connectivity index (χ1) is 5.33. The van der Waals surface area contributed by atoms with E-state index in [0.717, 1.165) is 0 Å². The van der Waals surface area contributed by atoms with Crippen LogP contribution in [0.25, 0.3) is 0 Å². The molecule has 12 heavy (non-hydrogen) atoms. The van der Waals surface area contributed by atoms with Crippen molar-refractivity contribution in [3.05, 3.63) is 0 Å². The molecule has 4 heteroatoms. The number of carbonyl (C=O) groups is 1. The van der Waals surface area contributed by atoms with E-state index in [1.807, 2.05) is 6.92 Å². The van der Waals surface area contributed by atoms with E-state index < -0.39 is 9.84 Å². The van der Waals surface area contributed by atoms with Crippen LogP contribution in [0.2, 0.25) is 0 Å². The van der Waals surface area contributed by atoms with E-state index in [2.05, 4.69) is 0 Å². The van der Waals surface area contributed by atoms with Crippen LogP contribution >= 0.6 is 0 Å². The Morgan fingerprint density at radius 3 is 2.25 bits per heavy atom. The Labute approximate surface area is 74.1 Å². The number of Topliss-reactive ketones (excluding diaryl/α,β-unsaturated/α-hetero) is 1. The van der Waals surface area contributed by atoms with Crippen molar-refractivity contribution in [1.29, 1.82) is 0 Å². The van der Waals surface area contributed by atoms with Crippen LogP contribution in [-0.2, 0) is 14.6 Å². The lowest BCUT2D eigenvalue weighted by molar-refractivity contribution is -0.120. The predicted molar refractivity (Wildman–Crippen MR) is 48.8 cm³/mol. The van der Waals surface area contributed by atoms with Gasteiger partial charge in [0.2, 0.25) is 0 Å². The third kappa shape index (κ3) is 6.34. The quantitative estimate of drug-likeness (QED) is 0.654. The minimum atomic E-state index is -2.86. The molecule has 0 spiro atoms. The fourth-order valence-electron chi connectivity index (χ4n) is 0.855. The Hall–Kier alpha value is -0.380. The molecule has 0 bridgehead atoms. The van der Waals surface area contributed by atoms with Crippen molar-refractivity contribution in [3.8, 4) is 0 Å². The van der Waals surface area contributed by atoms with E-state index in [1.165, 1.54) is 13.2 Å². The van der Waals surface area contributed by atoms with E-state index >= 15 is 0 Å². The van der Waals surface area contributed by atoms with Gasteiger partial charge in [0, 0.05) is 17.9 Å². The van der Waals surface area contributed by atoms with Crippen molar-refractivity contribution in [2.75, 3.05) is 12.0 Å². The Morgan fingerprint density at radius 2 is 1.92 bits per heavy atom. The van der Waals surface area contributed by atoms with Crippen molar-refractivity contribution in [2.24, 2.45) is 5.92 Å². The number of sulfone groups is 1. The molecule has 0 aliphatic carbocycles. The van der Waals surface area contributed by atoms with Crippen molar-refractivity contribution < 1.29 is 13.2 Å². The van der Waals surface area contributed by atoms with Crippen LogP contribution in [0.5, 0.6) is 0 Å². The monoisotopic (exact) mass is 192 g/mol. The Bertz CT molecular complexity index is 241. The molecule has 0 aliphatic heterocycles. The number of ketones is 1. The highest BCUT2D eigenvalue weighted by molar-refractivity contribution is 7.90. The van der Waals surface area contributed by atoms with Gasteiger partial charge in [0.05, 0.1) is 0 Å². The average Bonchev–Trinajstić information content (AvgIpc) is 1.84. The second-order valence-electron chi connectivity index (χ2n) is 3.28. The zero-order valence-electron chi connectivity index (χ0n) is 7.83. The molecule has 1 atom stereocenters. The molecule has 0 saturated carbocycles. The second kappa shape index (κ2) is 4.60. The summed E-state index contributed by atoms with van der Waals surface area (Å²) in [7, 11) is -2.86. The first kappa shape index (κ1) is 11.6. The maximum absolute atomic E-state index is 10.7. The highest BCUT2D eigenvalue weighted by atomic mass is 32.2. The van der Waals surface area contributed by atoms with Gasteiger partial charge in [-0.1, -0.05) is 6.92 Å². The summed E-state index contributed by atoms with van der Waals surface area (Å²) in [6.07, 6.45) is 2.47. The van der Waals surface area contributed by atoms with E-state index in [-0.39, 0.29) is 17.5 Å². The third-order valence-electron chi connectivity index (χ3n) is 1.85. The lowest BCUT2D eigenvalue weighted by Gasteiger charge is -2.05. The molecule has 0 aromatic rings. The van der Waals surface area contributed by atoms with Crippen LogP contribution in [-0.4, -0.2) is 26.2 Å². The van der Waals surface area contributed by atoms with Gasteiger partial charge >= 0.3 is 0 Å². The zero-order chi connectivity index (χ0) is 9.78. The van der Waals surface area contributed by atoms with Crippen LogP contribution in [0, 0.1) is 5.92 Å². The Morgan fingerprint density at radius 1 is 1.42 bits per heavy atom. The molecule has 0 aliphatic rings. The van der Waals surface area contributed by atoms with Gasteiger partial charge in [-0.25, -0.2) is 8.42 Å². The molecule has 0 saturated heterocycles. The van der Waals surface area contributed by atoms with E-state index in [9.17, 15) is 13.2 Å². The lowest BCUT2D eigenvalue weighted by Crippen LogP contribution is -2.09. The molecular weight excluding hydrogens is 176 g/mol. The van der Waals surface area contributed by atoms with Gasteiger partial charge in [0.1, 0.15) is 15.6 Å². The molecule has 0 fully saturated rings. The molecular formula is C8H16O3S. The molecule has 1 unspecified atom stereocenters. The molecule has 0 amide bonds.